The van der Waals surface area contributed by atoms with Crippen LogP contribution < -0.4 is 5.32 Å². The van der Waals surface area contributed by atoms with Gasteiger partial charge in [0.2, 0.25) is 0 Å². The van der Waals surface area contributed by atoms with Gasteiger partial charge in [0.25, 0.3) is 0 Å². The SMILES string of the molecule is Cc1cccc(Nc2c3cnccc3nc3c2nc2cnccn23)c1. The van der Waals surface area contributed by atoms with Crippen molar-refractivity contribution in [2.75, 3.05) is 5.32 Å². The Hall–Kier alpha value is -3.54. The maximum Gasteiger partial charge on any atom is 0.167 e. The van der Waals surface area contributed by atoms with Crippen molar-refractivity contribution < 1.29 is 0 Å². The van der Waals surface area contributed by atoms with E-state index in [0.717, 1.165) is 39.1 Å². The van der Waals surface area contributed by atoms with Crippen molar-refractivity contribution in [1.82, 2.24) is 24.3 Å². The molecular formula is C19H14N6. The molecule has 1 N–H and O–H groups in total. The van der Waals surface area contributed by atoms with Crippen LogP contribution in [0.4, 0.5) is 11.4 Å². The van der Waals surface area contributed by atoms with Gasteiger partial charge in [-0.2, -0.15) is 0 Å². The van der Waals surface area contributed by atoms with Gasteiger partial charge in [-0.15, -0.1) is 0 Å². The Morgan fingerprint density at radius 1 is 1.00 bits per heavy atom. The van der Waals surface area contributed by atoms with Crippen molar-refractivity contribution in [3.63, 3.8) is 0 Å². The lowest BCUT2D eigenvalue weighted by atomic mass is 10.2. The van der Waals surface area contributed by atoms with E-state index >= 15 is 0 Å². The monoisotopic (exact) mass is 326 g/mol. The molecular weight excluding hydrogens is 312 g/mol. The molecule has 0 aliphatic rings. The van der Waals surface area contributed by atoms with Crippen LogP contribution in [-0.4, -0.2) is 24.3 Å². The highest BCUT2D eigenvalue weighted by Crippen LogP contribution is 2.32. The third kappa shape index (κ3) is 2.19. The minimum Gasteiger partial charge on any atom is -0.353 e. The fourth-order valence-corrected chi connectivity index (χ4v) is 3.08. The average Bonchev–Trinajstić information content (AvgIpc) is 3.00. The molecule has 6 nitrogen and oxygen atoms in total. The normalized spacial score (nSPS) is 11.4. The van der Waals surface area contributed by atoms with Crippen LogP contribution in [0.15, 0.2) is 61.3 Å². The zero-order valence-corrected chi connectivity index (χ0v) is 13.5. The molecule has 0 aliphatic heterocycles. The summed E-state index contributed by atoms with van der Waals surface area (Å²) in [5, 5.41) is 4.45. The summed E-state index contributed by atoms with van der Waals surface area (Å²) in [6.45, 7) is 2.07. The summed E-state index contributed by atoms with van der Waals surface area (Å²) in [6.07, 6.45) is 8.92. The van der Waals surface area contributed by atoms with Crippen molar-refractivity contribution >= 4 is 39.1 Å². The third-order valence-corrected chi connectivity index (χ3v) is 4.22. The zero-order chi connectivity index (χ0) is 16.8. The number of imidazole rings is 1. The number of nitrogens with zero attached hydrogens (tertiary/aromatic N) is 5. The van der Waals surface area contributed by atoms with E-state index in [9.17, 15) is 0 Å². The Bertz CT molecular complexity index is 1240. The summed E-state index contributed by atoms with van der Waals surface area (Å²) in [5.41, 5.74) is 6.34. The number of fused-ring (bicyclic) bond motifs is 4. The van der Waals surface area contributed by atoms with E-state index in [4.69, 9.17) is 9.97 Å². The second-order valence-corrected chi connectivity index (χ2v) is 5.96. The molecule has 0 aliphatic carbocycles. The lowest BCUT2D eigenvalue weighted by molar-refractivity contribution is 1.14. The lowest BCUT2D eigenvalue weighted by Crippen LogP contribution is -1.96. The highest BCUT2D eigenvalue weighted by molar-refractivity contribution is 6.06. The highest BCUT2D eigenvalue weighted by atomic mass is 15.1. The third-order valence-electron chi connectivity index (χ3n) is 4.22. The number of hydrogen-bond donors (Lipinski definition) is 1. The summed E-state index contributed by atoms with van der Waals surface area (Å²) in [6, 6.07) is 10.2. The van der Waals surface area contributed by atoms with Gasteiger partial charge < -0.3 is 5.32 Å². The van der Waals surface area contributed by atoms with Crippen LogP contribution in [-0.2, 0) is 0 Å². The first kappa shape index (κ1) is 13.9. The number of benzene rings is 1. The van der Waals surface area contributed by atoms with E-state index in [1.54, 1.807) is 18.6 Å². The number of aromatic nitrogens is 5. The molecule has 25 heavy (non-hydrogen) atoms. The summed E-state index contributed by atoms with van der Waals surface area (Å²) >= 11 is 0. The van der Waals surface area contributed by atoms with Gasteiger partial charge in [0.15, 0.2) is 11.3 Å². The molecule has 0 spiro atoms. The van der Waals surface area contributed by atoms with Crippen molar-refractivity contribution in [3.05, 3.63) is 66.9 Å². The van der Waals surface area contributed by atoms with Crippen molar-refractivity contribution in [2.45, 2.75) is 6.92 Å². The fourth-order valence-electron chi connectivity index (χ4n) is 3.08. The lowest BCUT2D eigenvalue weighted by Gasteiger charge is -2.11. The Morgan fingerprint density at radius 3 is 2.84 bits per heavy atom. The van der Waals surface area contributed by atoms with Gasteiger partial charge in [0.05, 0.1) is 17.4 Å². The fraction of sp³-hybridized carbons (Fsp3) is 0.0526. The van der Waals surface area contributed by atoms with E-state index in [0.29, 0.717) is 0 Å². The Labute approximate surface area is 143 Å². The Balaban J connectivity index is 1.86. The van der Waals surface area contributed by atoms with E-state index < -0.39 is 0 Å². The van der Waals surface area contributed by atoms with Gasteiger partial charge in [-0.05, 0) is 30.7 Å². The maximum absolute atomic E-state index is 4.78. The molecule has 120 valence electrons. The second kappa shape index (κ2) is 5.24. The molecule has 0 fully saturated rings. The minimum absolute atomic E-state index is 0.764. The average molecular weight is 326 g/mol. The summed E-state index contributed by atoms with van der Waals surface area (Å²) in [7, 11) is 0. The standard InChI is InChI=1S/C19H14N6/c1-12-3-2-4-13(9-12)22-17-14-10-20-6-5-15(14)23-19-18(17)24-16-11-21-7-8-25(16)19/h2-11H,1H3,(H,22,23). The molecule has 5 aromatic rings. The van der Waals surface area contributed by atoms with Gasteiger partial charge in [0, 0.05) is 35.9 Å². The number of pyridine rings is 2. The van der Waals surface area contributed by atoms with E-state index in [2.05, 4.69) is 34.3 Å². The molecule has 0 unspecified atom stereocenters. The first-order chi connectivity index (χ1) is 12.3. The highest BCUT2D eigenvalue weighted by Gasteiger charge is 2.15. The van der Waals surface area contributed by atoms with Crippen LogP contribution in [0.2, 0.25) is 0 Å². The predicted molar refractivity (Wildman–Crippen MR) is 98.1 cm³/mol. The van der Waals surface area contributed by atoms with Crippen molar-refractivity contribution in [1.29, 1.82) is 0 Å². The van der Waals surface area contributed by atoms with Crippen LogP contribution in [0.1, 0.15) is 5.56 Å². The molecule has 0 atom stereocenters. The molecule has 0 bridgehead atoms. The molecule has 5 rings (SSSR count). The minimum atomic E-state index is 0.764. The summed E-state index contributed by atoms with van der Waals surface area (Å²) in [4.78, 5) is 17.9. The molecule has 0 radical (unpaired) electrons. The summed E-state index contributed by atoms with van der Waals surface area (Å²) < 4.78 is 1.95. The van der Waals surface area contributed by atoms with Crippen molar-refractivity contribution in [2.24, 2.45) is 0 Å². The number of rotatable bonds is 2. The van der Waals surface area contributed by atoms with Crippen LogP contribution in [0, 0.1) is 6.92 Å². The van der Waals surface area contributed by atoms with Gasteiger partial charge in [-0.25, -0.2) is 9.97 Å². The van der Waals surface area contributed by atoms with Crippen LogP contribution in [0.25, 0.3) is 27.7 Å². The van der Waals surface area contributed by atoms with E-state index in [1.165, 1.54) is 5.56 Å². The van der Waals surface area contributed by atoms with Crippen molar-refractivity contribution in [3.8, 4) is 0 Å². The molecule has 4 heterocycles. The molecule has 1 aromatic carbocycles. The van der Waals surface area contributed by atoms with Crippen LogP contribution >= 0.6 is 0 Å². The molecule has 0 saturated heterocycles. The number of hydrogen-bond acceptors (Lipinski definition) is 5. The zero-order valence-electron chi connectivity index (χ0n) is 13.5. The Morgan fingerprint density at radius 2 is 1.92 bits per heavy atom. The molecule has 0 saturated carbocycles. The maximum atomic E-state index is 4.78. The van der Waals surface area contributed by atoms with Gasteiger partial charge in [0.1, 0.15) is 5.52 Å². The second-order valence-electron chi connectivity index (χ2n) is 5.96. The quantitative estimate of drug-likeness (QED) is 0.533. The Kier molecular flexibility index (Phi) is 2.90. The largest absolute Gasteiger partial charge is 0.353 e. The summed E-state index contributed by atoms with van der Waals surface area (Å²) in [5.74, 6) is 0. The first-order valence-corrected chi connectivity index (χ1v) is 7.99. The van der Waals surface area contributed by atoms with E-state index in [-0.39, 0.29) is 0 Å². The topological polar surface area (TPSA) is 68.0 Å². The number of nitrogens with one attached hydrogen (secondary N) is 1. The molecule has 6 heteroatoms. The van der Waals surface area contributed by atoms with Gasteiger partial charge >= 0.3 is 0 Å². The van der Waals surface area contributed by atoms with Gasteiger partial charge in [-0.1, -0.05) is 12.1 Å². The van der Waals surface area contributed by atoms with Crippen LogP contribution in [0.5, 0.6) is 0 Å². The number of aryl methyl sites for hydroxylation is 1. The molecule has 4 aromatic heterocycles. The number of anilines is 2. The first-order valence-electron chi connectivity index (χ1n) is 7.99. The predicted octanol–water partition coefficient (Wildman–Crippen LogP) is 3.88. The van der Waals surface area contributed by atoms with Gasteiger partial charge in [-0.3, -0.25) is 14.4 Å². The smallest absolute Gasteiger partial charge is 0.167 e. The molecule has 0 amide bonds. The van der Waals surface area contributed by atoms with Crippen LogP contribution in [0.3, 0.4) is 0 Å². The van der Waals surface area contributed by atoms with E-state index in [1.807, 2.05) is 35.0 Å².